The molecule has 1 aliphatic rings. The molecule has 0 spiro atoms. The minimum atomic E-state index is -3.88. The van der Waals surface area contributed by atoms with Crippen LogP contribution in [0.2, 0.25) is 0 Å². The van der Waals surface area contributed by atoms with Gasteiger partial charge in [0, 0.05) is 23.1 Å². The van der Waals surface area contributed by atoms with Crippen LogP contribution in [0, 0.1) is 11.6 Å². The molecule has 1 N–H and O–H groups in total. The van der Waals surface area contributed by atoms with Gasteiger partial charge in [0.15, 0.2) is 21.5 Å². The quantitative estimate of drug-likeness (QED) is 0.808. The average molecular weight is 380 g/mol. The summed E-state index contributed by atoms with van der Waals surface area (Å²) in [5.74, 6) is -5.64. The Morgan fingerprint density at radius 1 is 1.25 bits per heavy atom. The van der Waals surface area contributed by atoms with E-state index in [0.29, 0.717) is 11.3 Å². The highest BCUT2D eigenvalue weighted by atomic mass is 32.2. The van der Waals surface area contributed by atoms with Gasteiger partial charge in [0.2, 0.25) is 0 Å². The molecule has 1 aromatic carbocycles. The van der Waals surface area contributed by atoms with Gasteiger partial charge in [0.05, 0.1) is 0 Å². The first kappa shape index (κ1) is 17.4. The lowest BCUT2D eigenvalue weighted by Gasteiger charge is -2.29. The van der Waals surface area contributed by atoms with Crippen molar-refractivity contribution < 1.29 is 31.1 Å². The lowest BCUT2D eigenvalue weighted by molar-refractivity contribution is -0.122. The Kier molecular flexibility index (Phi) is 4.01. The number of halogens is 4. The van der Waals surface area contributed by atoms with Crippen LogP contribution in [0.4, 0.5) is 17.6 Å². The predicted octanol–water partition coefficient (Wildman–Crippen LogP) is 3.71. The van der Waals surface area contributed by atoms with Crippen LogP contribution in [0.15, 0.2) is 22.4 Å². The van der Waals surface area contributed by atoms with E-state index in [1.54, 1.807) is 0 Å². The molecule has 3 rings (SSSR count). The zero-order chi connectivity index (χ0) is 17.9. The van der Waals surface area contributed by atoms with Gasteiger partial charge in [-0.25, -0.2) is 26.0 Å². The van der Waals surface area contributed by atoms with Gasteiger partial charge in [-0.1, -0.05) is 6.07 Å². The van der Waals surface area contributed by atoms with E-state index in [-0.39, 0.29) is 32.2 Å². The smallest absolute Gasteiger partial charge is 0.277 e. The average Bonchev–Trinajstić information content (AvgIpc) is 2.86. The highest BCUT2D eigenvalue weighted by molar-refractivity contribution is 7.92. The monoisotopic (exact) mass is 380 g/mol. The number of thiophene rings is 1. The predicted molar refractivity (Wildman–Crippen MR) is 81.0 cm³/mol. The zero-order valence-corrected chi connectivity index (χ0v) is 13.9. The summed E-state index contributed by atoms with van der Waals surface area (Å²) in [7, 11) is -3.88. The summed E-state index contributed by atoms with van der Waals surface area (Å²) in [5, 5.41) is 9.95. The maximum Gasteiger partial charge on any atom is 0.277 e. The van der Waals surface area contributed by atoms with Gasteiger partial charge in [-0.3, -0.25) is 0 Å². The lowest BCUT2D eigenvalue weighted by atomic mass is 9.87. The highest BCUT2D eigenvalue weighted by Crippen LogP contribution is 2.51. The van der Waals surface area contributed by atoms with E-state index < -0.39 is 39.9 Å². The van der Waals surface area contributed by atoms with Crippen molar-refractivity contribution in [3.05, 3.63) is 41.0 Å². The fourth-order valence-electron chi connectivity index (χ4n) is 2.77. The van der Waals surface area contributed by atoms with Crippen LogP contribution in [0.3, 0.4) is 0 Å². The Morgan fingerprint density at radius 3 is 2.50 bits per heavy atom. The lowest BCUT2D eigenvalue weighted by Crippen LogP contribution is -2.32. The van der Waals surface area contributed by atoms with Crippen molar-refractivity contribution in [2.24, 2.45) is 0 Å². The second kappa shape index (κ2) is 5.53. The van der Waals surface area contributed by atoms with E-state index in [9.17, 15) is 31.1 Å². The van der Waals surface area contributed by atoms with Crippen molar-refractivity contribution in [2.45, 2.75) is 29.1 Å². The number of hydrogen-bond donors (Lipinski definition) is 1. The van der Waals surface area contributed by atoms with Crippen LogP contribution in [-0.2, 0) is 16.3 Å². The summed E-state index contributed by atoms with van der Waals surface area (Å²) in [6, 6.07) is 3.01. The SMILES string of the molecule is CS(=O)(=O)c1sc(-c2ccc(F)c(F)c2)c2c1[C@H](O)C(F)(F)CC2. The fraction of sp³-hybridized carbons (Fsp3) is 0.333. The number of alkyl halides is 2. The number of aliphatic hydroxyl groups excluding tert-OH is 1. The summed E-state index contributed by atoms with van der Waals surface area (Å²) in [6.45, 7) is 0. The Bertz CT molecular complexity index is 919. The molecular weight excluding hydrogens is 368 g/mol. The van der Waals surface area contributed by atoms with E-state index >= 15 is 0 Å². The van der Waals surface area contributed by atoms with Crippen LogP contribution < -0.4 is 0 Å². The molecule has 0 saturated heterocycles. The number of benzene rings is 1. The van der Waals surface area contributed by atoms with E-state index in [4.69, 9.17) is 0 Å². The normalized spacial score (nSPS) is 20.0. The van der Waals surface area contributed by atoms with Crippen molar-refractivity contribution in [3.8, 4) is 10.4 Å². The number of fused-ring (bicyclic) bond motifs is 1. The van der Waals surface area contributed by atoms with Crippen LogP contribution in [0.25, 0.3) is 10.4 Å². The van der Waals surface area contributed by atoms with E-state index in [1.165, 1.54) is 6.07 Å². The summed E-state index contributed by atoms with van der Waals surface area (Å²) < 4.78 is 77.8. The molecule has 130 valence electrons. The first-order valence-electron chi connectivity index (χ1n) is 6.89. The number of aliphatic hydroxyl groups is 1. The molecule has 0 aliphatic heterocycles. The largest absolute Gasteiger partial charge is 0.382 e. The number of rotatable bonds is 2. The summed E-state index contributed by atoms with van der Waals surface area (Å²) >= 11 is 0.684. The molecule has 0 saturated carbocycles. The first-order valence-corrected chi connectivity index (χ1v) is 9.60. The minimum Gasteiger partial charge on any atom is -0.382 e. The van der Waals surface area contributed by atoms with E-state index in [2.05, 4.69) is 0 Å². The molecule has 0 amide bonds. The van der Waals surface area contributed by atoms with Gasteiger partial charge >= 0.3 is 0 Å². The molecule has 1 atom stereocenters. The standard InChI is InChI=1S/C15H12F4O3S2/c1-24(21,22)14-11-8(4-5-15(18,19)13(11)20)12(23-14)7-2-3-9(16)10(17)6-7/h2-3,6,13,20H,4-5H2,1H3/t13-/m0/s1. The molecule has 24 heavy (non-hydrogen) atoms. The molecule has 0 radical (unpaired) electrons. The molecule has 1 aromatic heterocycles. The highest BCUT2D eigenvalue weighted by Gasteiger charge is 2.47. The topological polar surface area (TPSA) is 54.4 Å². The molecule has 0 fully saturated rings. The van der Waals surface area contributed by atoms with E-state index in [0.717, 1.165) is 18.4 Å². The van der Waals surface area contributed by atoms with E-state index in [1.807, 2.05) is 0 Å². The summed E-state index contributed by atoms with van der Waals surface area (Å²) in [4.78, 5) is 0.249. The van der Waals surface area contributed by atoms with Crippen LogP contribution in [-0.4, -0.2) is 25.7 Å². The summed E-state index contributed by atoms with van der Waals surface area (Å²) in [5.41, 5.74) is 0.0887. The van der Waals surface area contributed by atoms with Gasteiger partial charge in [-0.15, -0.1) is 11.3 Å². The Balaban J connectivity index is 2.29. The number of hydrogen-bond acceptors (Lipinski definition) is 4. The minimum absolute atomic E-state index is 0.167. The van der Waals surface area contributed by atoms with Crippen molar-refractivity contribution in [2.75, 3.05) is 6.26 Å². The first-order chi connectivity index (χ1) is 11.0. The number of sulfone groups is 1. The third-order valence-corrected chi connectivity index (χ3v) is 7.06. The van der Waals surface area contributed by atoms with Gasteiger partial charge in [0.1, 0.15) is 10.3 Å². The Hall–Kier alpha value is -1.45. The van der Waals surface area contributed by atoms with Crippen molar-refractivity contribution >= 4 is 21.2 Å². The second-order valence-corrected chi connectivity index (χ2v) is 8.91. The molecule has 2 aromatic rings. The van der Waals surface area contributed by atoms with Crippen molar-refractivity contribution in [1.82, 2.24) is 0 Å². The maximum atomic E-state index is 13.8. The molecule has 9 heteroatoms. The molecule has 1 heterocycles. The van der Waals surface area contributed by atoms with Crippen LogP contribution in [0.5, 0.6) is 0 Å². The zero-order valence-electron chi connectivity index (χ0n) is 12.3. The second-order valence-electron chi connectivity index (χ2n) is 5.68. The van der Waals surface area contributed by atoms with Crippen LogP contribution in [0.1, 0.15) is 23.7 Å². The van der Waals surface area contributed by atoms with Crippen molar-refractivity contribution in [1.29, 1.82) is 0 Å². The summed E-state index contributed by atoms with van der Waals surface area (Å²) in [6.07, 6.45) is -2.22. The molecular formula is C15H12F4O3S2. The fourth-order valence-corrected chi connectivity index (χ4v) is 5.37. The van der Waals surface area contributed by atoms with Gasteiger partial charge in [0.25, 0.3) is 5.92 Å². The third-order valence-electron chi connectivity index (χ3n) is 3.91. The molecule has 3 nitrogen and oxygen atoms in total. The molecule has 0 bridgehead atoms. The molecule has 0 unspecified atom stereocenters. The van der Waals surface area contributed by atoms with Crippen molar-refractivity contribution in [3.63, 3.8) is 0 Å². The Morgan fingerprint density at radius 2 is 1.92 bits per heavy atom. The van der Waals surface area contributed by atoms with Gasteiger partial charge in [-0.2, -0.15) is 0 Å². The van der Waals surface area contributed by atoms with Gasteiger partial charge in [-0.05, 0) is 29.7 Å². The van der Waals surface area contributed by atoms with Crippen LogP contribution >= 0.6 is 11.3 Å². The maximum absolute atomic E-state index is 13.8. The van der Waals surface area contributed by atoms with Gasteiger partial charge < -0.3 is 5.11 Å². The molecule has 1 aliphatic carbocycles. The Labute approximate surface area is 139 Å². The third kappa shape index (κ3) is 2.74.